The van der Waals surface area contributed by atoms with Crippen LogP contribution in [-0.4, -0.2) is 201 Å². The number of ether oxygens (including phenoxy) is 6. The number of aliphatic hydroxyl groups excluding tert-OH is 6. The lowest BCUT2D eigenvalue weighted by molar-refractivity contribution is -0.268. The van der Waals surface area contributed by atoms with Gasteiger partial charge >= 0.3 is 0 Å². The third-order valence-electron chi connectivity index (χ3n) is 25.5. The minimum atomic E-state index is -4.88. The molecule has 0 radical (unpaired) electrons. The molecule has 2 saturated heterocycles. The van der Waals surface area contributed by atoms with Crippen LogP contribution < -0.4 is 71.9 Å². The summed E-state index contributed by atoms with van der Waals surface area (Å²) in [6, 6.07) is 5.90. The molecule has 4 saturated carbocycles. The summed E-state index contributed by atoms with van der Waals surface area (Å²) in [5.41, 5.74) is 3.50. The molecule has 8 amide bonds. The quantitative estimate of drug-likeness (QED) is 0.0583. The summed E-state index contributed by atoms with van der Waals surface area (Å²) in [4.78, 5) is 125. The van der Waals surface area contributed by atoms with Crippen LogP contribution in [0.5, 0.6) is 40.2 Å². The predicted octanol–water partition coefficient (Wildman–Crippen LogP) is 2.40. The molecule has 658 valence electrons. The van der Waals surface area contributed by atoms with E-state index in [4.69, 9.17) is 45.8 Å². The standard InChI is InChI=1S/C86H101ClN10O25S/c1-35(2)18-56(89-6)77(106)95-69-71(101)41-9-16-58(36(3)19-41)119-60-27-45-28-61(75(60)122-84-52(73(103)74(104)62(34-98)121-84)31-48-33-85(5,88)76(105)37(4)118-48)120-59-17-10-42(26-55(59)87)72(102)70-83(112)94-68(81(110)91-65-43-21-38-20-39(23-43)24-44(65)22-38)51-29-46(99)30-54-64(51)50-25-40(8-15-53(50)86(54,113)114)66(79(108)96-70)93-80(109)67(45)92-78(107)57(90-82(69)111)32-63(100)97-123(115,116)49-13-11-47(117-7)12-14-49/h8-17,19,25-30,35,37-39,43-44,48,52,56-57,62,65-74,76,84,89,98-99,101-105,113-114H,18,20-24,31-34,88H2,1-7H3,(H,90,111)(H,91,110)(H,92,107)(H,93,109)(H,94,112)(H,95,106)(H,96,108)(H,97,100)/t37-,38?,39?,43?,44?,48-,52+,56+,57-,62+,65?,66+,67+,68-,69+,70-,71+,72+,73+,74+,76+,84-,85-/m0/s1. The van der Waals surface area contributed by atoms with Gasteiger partial charge in [-0.1, -0.05) is 49.7 Å². The van der Waals surface area contributed by atoms with Crippen molar-refractivity contribution < 1.29 is 121 Å². The molecule has 18 rings (SSSR count). The highest BCUT2D eigenvalue weighted by atomic mass is 35.5. The largest absolute Gasteiger partial charge is 0.508 e. The zero-order valence-electron chi connectivity index (χ0n) is 68.1. The van der Waals surface area contributed by atoms with Gasteiger partial charge in [-0.3, -0.25) is 38.4 Å². The number of amides is 8. The lowest BCUT2D eigenvalue weighted by atomic mass is 9.54. The van der Waals surface area contributed by atoms with Gasteiger partial charge in [0.25, 0.3) is 10.0 Å². The minimum absolute atomic E-state index is 0.0283. The van der Waals surface area contributed by atoms with Crippen molar-refractivity contribution in [3.05, 3.63) is 153 Å². The number of hydrogen-bond acceptors (Lipinski definition) is 27. The topological polar surface area (TPSA) is 542 Å². The predicted molar refractivity (Wildman–Crippen MR) is 435 cm³/mol. The van der Waals surface area contributed by atoms with Crippen molar-refractivity contribution in [1.82, 2.24) is 47.3 Å². The highest BCUT2D eigenvalue weighted by molar-refractivity contribution is 7.90. The van der Waals surface area contributed by atoms with Gasteiger partial charge in [0.05, 0.1) is 66.4 Å². The maximum Gasteiger partial charge on any atom is 0.264 e. The van der Waals surface area contributed by atoms with Gasteiger partial charge < -0.3 is 123 Å². The van der Waals surface area contributed by atoms with Crippen molar-refractivity contribution in [3.8, 4) is 51.4 Å². The van der Waals surface area contributed by atoms with E-state index in [0.717, 1.165) is 74.6 Å². The Morgan fingerprint density at radius 1 is 0.699 bits per heavy atom. The number of hydrogen-bond donors (Lipinski definition) is 19. The molecule has 37 heteroatoms. The Morgan fingerprint density at radius 3 is 1.97 bits per heavy atom. The lowest BCUT2D eigenvalue weighted by Crippen LogP contribution is -2.62. The number of phenols is 1. The first-order valence-corrected chi connectivity index (χ1v) is 42.8. The normalized spacial score (nSPS) is 31.5. The molecule has 6 aromatic rings. The van der Waals surface area contributed by atoms with E-state index in [1.165, 1.54) is 81.7 Å². The maximum absolute atomic E-state index is 16.7. The van der Waals surface area contributed by atoms with Crippen LogP contribution in [0.15, 0.2) is 108 Å². The van der Waals surface area contributed by atoms with E-state index in [-0.39, 0.29) is 115 Å². The second-order valence-corrected chi connectivity index (χ2v) is 36.7. The number of carbonyl (C=O) groups is 8. The van der Waals surface area contributed by atoms with Gasteiger partial charge in [-0.25, -0.2) is 13.1 Å². The fourth-order valence-electron chi connectivity index (χ4n) is 19.4. The number of likely N-dealkylation sites (N-methyl/N-ethyl adjacent to an activating group) is 1. The Labute approximate surface area is 711 Å². The first kappa shape index (κ1) is 87.7. The Balaban J connectivity index is 0.933. The summed E-state index contributed by atoms with van der Waals surface area (Å²) in [7, 11) is -2.07. The summed E-state index contributed by atoms with van der Waals surface area (Å²) in [5.74, 6) is -15.9. The number of aromatic hydroxyl groups is 1. The summed E-state index contributed by atoms with van der Waals surface area (Å²) in [5, 5.41) is 129. The summed E-state index contributed by atoms with van der Waals surface area (Å²) < 4.78 is 68.8. The summed E-state index contributed by atoms with van der Waals surface area (Å²) in [6.07, 6.45) is -11.3. The number of nitrogens with one attached hydrogen (secondary N) is 9. The van der Waals surface area contributed by atoms with E-state index < -0.39 is 218 Å². The van der Waals surface area contributed by atoms with Gasteiger partial charge in [-0.2, -0.15) is 0 Å². The third kappa shape index (κ3) is 17.4. The molecule has 35 nitrogen and oxygen atoms in total. The molecule has 18 atom stereocenters. The van der Waals surface area contributed by atoms with Crippen LogP contribution in [0.4, 0.5) is 0 Å². The fraction of sp³-hybridized carbons (Fsp3) is 0.488. The number of sulfonamides is 1. The molecule has 20 N–H and O–H groups in total. The smallest absolute Gasteiger partial charge is 0.264 e. The molecule has 0 unspecified atom stereocenters. The lowest BCUT2D eigenvalue weighted by Gasteiger charge is -2.54. The molecular weight excluding hydrogens is 1640 g/mol. The maximum atomic E-state index is 16.7. The molecule has 6 aromatic carbocycles. The number of methoxy groups -OCH3 is 1. The van der Waals surface area contributed by atoms with E-state index in [1.807, 2.05) is 18.6 Å². The number of carbonyl (C=O) groups excluding carboxylic acids is 8. The van der Waals surface area contributed by atoms with E-state index in [2.05, 4.69) is 42.5 Å². The number of nitrogens with two attached hydrogens (primary N) is 1. The first-order valence-electron chi connectivity index (χ1n) is 41.0. The van der Waals surface area contributed by atoms with Crippen molar-refractivity contribution in [2.75, 3.05) is 20.8 Å². The van der Waals surface area contributed by atoms with Crippen molar-refractivity contribution in [1.29, 1.82) is 0 Å². The van der Waals surface area contributed by atoms with Crippen LogP contribution in [-0.2, 0) is 63.6 Å². The number of benzene rings is 6. The molecule has 123 heavy (non-hydrogen) atoms. The molecule has 7 heterocycles. The van der Waals surface area contributed by atoms with Crippen LogP contribution >= 0.6 is 11.6 Å². The Hall–Kier alpha value is -10.2. The highest BCUT2D eigenvalue weighted by Crippen LogP contribution is 2.56. The van der Waals surface area contributed by atoms with Gasteiger partial charge in [-0.15, -0.1) is 0 Å². The van der Waals surface area contributed by atoms with E-state index in [0.29, 0.717) is 11.8 Å². The minimum Gasteiger partial charge on any atom is -0.508 e. The summed E-state index contributed by atoms with van der Waals surface area (Å²) in [6.45, 7) is 7.42. The molecule has 7 aliphatic heterocycles. The number of aryl methyl sites for hydroxylation is 1. The Morgan fingerprint density at radius 2 is 1.33 bits per heavy atom. The Kier molecular flexibility index (Phi) is 24.5. The number of phenolic OH excluding ortho intramolecular Hbond substituents is 1. The summed E-state index contributed by atoms with van der Waals surface area (Å²) >= 11 is 7.32. The molecule has 6 fully saturated rings. The highest BCUT2D eigenvalue weighted by Gasteiger charge is 2.54. The van der Waals surface area contributed by atoms with Gasteiger partial charge in [0.1, 0.15) is 83.7 Å². The molecule has 12 aliphatic rings. The van der Waals surface area contributed by atoms with Crippen LogP contribution in [0.1, 0.15) is 160 Å². The molecule has 15 bridgehead atoms. The van der Waals surface area contributed by atoms with Crippen LogP contribution in [0.2, 0.25) is 5.02 Å². The fourth-order valence-corrected chi connectivity index (χ4v) is 20.7. The van der Waals surface area contributed by atoms with Crippen LogP contribution in [0.25, 0.3) is 11.1 Å². The van der Waals surface area contributed by atoms with Crippen LogP contribution in [0, 0.1) is 42.4 Å². The average molecular weight is 1740 g/mol. The zero-order chi connectivity index (χ0) is 88.1. The zero-order valence-corrected chi connectivity index (χ0v) is 69.7. The van der Waals surface area contributed by atoms with Crippen molar-refractivity contribution >= 4 is 68.9 Å². The number of aliphatic hydroxyl groups is 8. The number of halogens is 1. The van der Waals surface area contributed by atoms with Crippen molar-refractivity contribution in [2.24, 2.45) is 41.2 Å². The second-order valence-electron chi connectivity index (χ2n) is 34.6. The van der Waals surface area contributed by atoms with E-state index in [9.17, 15) is 64.0 Å². The molecular formula is C86H101ClN10O25S. The van der Waals surface area contributed by atoms with Gasteiger partial charge in [0, 0.05) is 22.7 Å². The van der Waals surface area contributed by atoms with Crippen LogP contribution in [0.3, 0.4) is 0 Å². The molecule has 0 spiro atoms. The monoisotopic (exact) mass is 1740 g/mol. The number of fused-ring (bicyclic) bond motifs is 12. The van der Waals surface area contributed by atoms with Gasteiger partial charge in [0.15, 0.2) is 11.5 Å². The Bertz CT molecular complexity index is 5260. The molecule has 0 aromatic heterocycles. The third-order valence-corrected chi connectivity index (χ3v) is 27.2. The first-order chi connectivity index (χ1) is 58.3. The SMILES string of the molecule is CN[C@H](CC(C)C)C(=O)N[C@H]1C(=O)N[C@@H](CC(=O)NS(=O)(=O)c2ccc(OC)cc2)C(=O)N[C@H]2C(=O)N[C@H]3C(=O)N[C@H](C(=O)N[C@H](C(=O)NC4C5CC6CC(C5)CC4C6)c4cc(O)cc5c4-c4cc3ccc4C5(O)O)[C@H](O)c3ccc(c(Cl)c3)Oc3cc2cc(c3O[C@@H]2O[C@H](CO)[C@@H](O)[C@H](O)[C@H]2C[C@H]2C[C@](C)(N)[C@H](O)[C@H](C)O2)Oc2ccc(cc2C)[C@H]1O. The van der Waals surface area contributed by atoms with Crippen molar-refractivity contribution in [3.63, 3.8) is 0 Å². The van der Waals surface area contributed by atoms with Crippen molar-refractivity contribution in [2.45, 2.75) is 212 Å². The second kappa shape index (κ2) is 34.4. The molecule has 5 aliphatic carbocycles. The number of rotatable bonds is 17. The van der Waals surface area contributed by atoms with E-state index >= 15 is 28.8 Å². The average Bonchev–Trinajstić information content (AvgIpc) is 1.57. The van der Waals surface area contributed by atoms with E-state index in [1.54, 1.807) is 13.8 Å². The van der Waals surface area contributed by atoms with Gasteiger partial charge in [0.2, 0.25) is 65.1 Å². The van der Waals surface area contributed by atoms with Gasteiger partial charge in [-0.05, 0) is 232 Å².